The lowest BCUT2D eigenvalue weighted by molar-refractivity contribution is -0.147. The number of nitrogens with zero attached hydrogens (tertiary/aromatic N) is 1. The van der Waals surface area contributed by atoms with Crippen molar-refractivity contribution in [3.05, 3.63) is 88.4 Å². The van der Waals surface area contributed by atoms with Crippen LogP contribution in [-0.4, -0.2) is 50.2 Å². The number of carbonyl (C=O) groups is 3. The molecule has 3 aromatic rings. The van der Waals surface area contributed by atoms with Crippen LogP contribution in [-0.2, 0) is 20.7 Å². The van der Waals surface area contributed by atoms with Gasteiger partial charge in [0.1, 0.15) is 29.2 Å². The lowest BCUT2D eigenvalue weighted by atomic mass is 9.90. The SMILES string of the molecule is CCC(C)(C)N(C(=O)C(Cc1ccc(O)cc1)NC(=O)OC(C)(C)C)C(C(=O)Nc1c(C)cccc1Cl)c1ccccc1O. The summed E-state index contributed by atoms with van der Waals surface area (Å²) in [7, 11) is 0. The second-order valence-corrected chi connectivity index (χ2v) is 12.7. The number of amides is 3. The molecule has 0 fully saturated rings. The van der Waals surface area contributed by atoms with Crippen LogP contribution in [0.2, 0.25) is 5.02 Å². The van der Waals surface area contributed by atoms with Crippen molar-refractivity contribution < 1.29 is 29.3 Å². The van der Waals surface area contributed by atoms with Crippen LogP contribution in [0, 0.1) is 6.92 Å². The van der Waals surface area contributed by atoms with Crippen LogP contribution in [0.15, 0.2) is 66.7 Å². The molecule has 0 saturated carbocycles. The highest BCUT2D eigenvalue weighted by Gasteiger charge is 2.44. The minimum atomic E-state index is -1.32. The molecule has 10 heteroatoms. The monoisotopic (exact) mass is 623 g/mol. The second-order valence-electron chi connectivity index (χ2n) is 12.3. The van der Waals surface area contributed by atoms with E-state index >= 15 is 0 Å². The topological polar surface area (TPSA) is 128 Å². The molecule has 0 spiro atoms. The van der Waals surface area contributed by atoms with Crippen LogP contribution >= 0.6 is 11.6 Å². The minimum Gasteiger partial charge on any atom is -0.508 e. The second kappa shape index (κ2) is 14.0. The zero-order valence-electron chi connectivity index (χ0n) is 26.3. The number of hydrogen-bond acceptors (Lipinski definition) is 6. The van der Waals surface area contributed by atoms with E-state index in [0.29, 0.717) is 28.3 Å². The van der Waals surface area contributed by atoms with Crippen LogP contribution in [0.1, 0.15) is 70.7 Å². The highest BCUT2D eigenvalue weighted by Crippen LogP contribution is 2.37. The van der Waals surface area contributed by atoms with Crippen molar-refractivity contribution in [2.45, 2.75) is 84.5 Å². The molecular weight excluding hydrogens is 582 g/mol. The average molecular weight is 624 g/mol. The molecule has 2 atom stereocenters. The van der Waals surface area contributed by atoms with Gasteiger partial charge in [0.25, 0.3) is 5.91 Å². The molecule has 0 aliphatic heterocycles. The predicted molar refractivity (Wildman–Crippen MR) is 172 cm³/mol. The van der Waals surface area contributed by atoms with Gasteiger partial charge in [-0.25, -0.2) is 4.79 Å². The molecule has 4 N–H and O–H groups in total. The number of benzene rings is 3. The maximum Gasteiger partial charge on any atom is 0.408 e. The number of nitrogens with one attached hydrogen (secondary N) is 2. The van der Waals surface area contributed by atoms with Gasteiger partial charge in [0.2, 0.25) is 5.91 Å². The zero-order valence-corrected chi connectivity index (χ0v) is 27.0. The van der Waals surface area contributed by atoms with Crippen LogP contribution < -0.4 is 10.6 Å². The first-order chi connectivity index (χ1) is 20.5. The molecule has 3 amide bonds. The summed E-state index contributed by atoms with van der Waals surface area (Å²) in [5.41, 5.74) is 0.177. The lowest BCUT2D eigenvalue weighted by Crippen LogP contribution is -2.59. The molecule has 236 valence electrons. The minimum absolute atomic E-state index is 0.0351. The summed E-state index contributed by atoms with van der Waals surface area (Å²) in [5, 5.41) is 26.7. The Balaban J connectivity index is 2.18. The summed E-state index contributed by atoms with van der Waals surface area (Å²) >= 11 is 6.45. The van der Waals surface area contributed by atoms with Gasteiger partial charge in [-0.15, -0.1) is 0 Å². The fraction of sp³-hybridized carbons (Fsp3) is 0.382. The molecule has 0 aliphatic rings. The standard InChI is InChI=1S/C34H42ClN3O6/c1-8-34(6,7)38(31(42)26(36-32(43)44-33(3,4)5)20-22-16-18-23(39)19-17-22)29(24-13-9-10-15-27(24)40)30(41)37-28-21(2)12-11-14-25(28)35/h9-19,26,29,39-40H,8,20H2,1-7H3,(H,36,43)(H,37,41). The zero-order chi connectivity index (χ0) is 32.8. The van der Waals surface area contributed by atoms with E-state index in [1.54, 1.807) is 76.2 Å². The number of hydrogen-bond donors (Lipinski definition) is 4. The lowest BCUT2D eigenvalue weighted by Gasteiger charge is -2.44. The van der Waals surface area contributed by atoms with Gasteiger partial charge in [0.05, 0.1) is 10.7 Å². The first-order valence-corrected chi connectivity index (χ1v) is 14.9. The highest BCUT2D eigenvalue weighted by molar-refractivity contribution is 6.34. The van der Waals surface area contributed by atoms with Gasteiger partial charge < -0.3 is 30.5 Å². The van der Waals surface area contributed by atoms with Crippen molar-refractivity contribution in [3.8, 4) is 11.5 Å². The van der Waals surface area contributed by atoms with Gasteiger partial charge in [-0.2, -0.15) is 0 Å². The molecule has 3 aromatic carbocycles. The molecular formula is C34H42ClN3O6. The number of carbonyl (C=O) groups excluding carboxylic acids is 3. The number of alkyl carbamates (subject to hydrolysis) is 1. The van der Waals surface area contributed by atoms with E-state index < -0.39 is 41.1 Å². The average Bonchev–Trinajstić information content (AvgIpc) is 2.93. The molecule has 0 heterocycles. The van der Waals surface area contributed by atoms with E-state index in [1.807, 2.05) is 20.8 Å². The fourth-order valence-electron chi connectivity index (χ4n) is 4.73. The number of rotatable bonds is 10. The summed E-state index contributed by atoms with van der Waals surface area (Å²) in [5.74, 6) is -1.30. The van der Waals surface area contributed by atoms with Gasteiger partial charge in [-0.3, -0.25) is 9.59 Å². The third kappa shape index (κ3) is 8.66. The number of aryl methyl sites for hydroxylation is 1. The first kappa shape index (κ1) is 34.3. The molecule has 44 heavy (non-hydrogen) atoms. The molecule has 0 bridgehead atoms. The van der Waals surface area contributed by atoms with Crippen molar-refractivity contribution in [1.82, 2.24) is 10.2 Å². The Kier molecular flexibility index (Phi) is 10.9. The number of para-hydroxylation sites is 2. The van der Waals surface area contributed by atoms with Crippen molar-refractivity contribution in [3.63, 3.8) is 0 Å². The largest absolute Gasteiger partial charge is 0.508 e. The summed E-state index contributed by atoms with van der Waals surface area (Å²) < 4.78 is 5.49. The van der Waals surface area contributed by atoms with E-state index in [-0.39, 0.29) is 23.5 Å². The molecule has 0 saturated heterocycles. The predicted octanol–water partition coefficient (Wildman–Crippen LogP) is 6.89. The molecule has 0 aromatic heterocycles. The Hall–Kier alpha value is -4.24. The number of aromatic hydroxyl groups is 2. The van der Waals surface area contributed by atoms with E-state index in [0.717, 1.165) is 0 Å². The maximum absolute atomic E-state index is 14.8. The summed E-state index contributed by atoms with van der Waals surface area (Å²) in [6.45, 7) is 12.5. The Morgan fingerprint density at radius 3 is 2.14 bits per heavy atom. The van der Waals surface area contributed by atoms with Gasteiger partial charge in [0, 0.05) is 17.5 Å². The van der Waals surface area contributed by atoms with Gasteiger partial charge in [0.15, 0.2) is 0 Å². The fourth-order valence-corrected chi connectivity index (χ4v) is 5.00. The summed E-state index contributed by atoms with van der Waals surface area (Å²) in [6.07, 6.45) is -0.341. The number of halogens is 1. The normalized spacial score (nSPS) is 13.0. The highest BCUT2D eigenvalue weighted by atomic mass is 35.5. The third-order valence-electron chi connectivity index (χ3n) is 7.33. The Labute approximate surface area is 264 Å². The third-order valence-corrected chi connectivity index (χ3v) is 7.64. The van der Waals surface area contributed by atoms with Crippen LogP contribution in [0.25, 0.3) is 0 Å². The van der Waals surface area contributed by atoms with Crippen LogP contribution in [0.5, 0.6) is 11.5 Å². The summed E-state index contributed by atoms with van der Waals surface area (Å²) in [4.78, 5) is 43.5. The quantitative estimate of drug-likeness (QED) is 0.195. The maximum atomic E-state index is 14.8. The molecule has 0 radical (unpaired) electrons. The molecule has 0 aliphatic carbocycles. The van der Waals surface area contributed by atoms with Crippen LogP contribution in [0.3, 0.4) is 0 Å². The van der Waals surface area contributed by atoms with Crippen molar-refractivity contribution in [1.29, 1.82) is 0 Å². The molecule has 2 unspecified atom stereocenters. The molecule has 9 nitrogen and oxygen atoms in total. The number of phenols is 2. The van der Waals surface area contributed by atoms with Gasteiger partial charge in [-0.05, 0) is 83.4 Å². The van der Waals surface area contributed by atoms with E-state index in [4.69, 9.17) is 16.3 Å². The van der Waals surface area contributed by atoms with Crippen molar-refractivity contribution >= 4 is 35.2 Å². The number of anilines is 1. The van der Waals surface area contributed by atoms with E-state index in [9.17, 15) is 24.6 Å². The van der Waals surface area contributed by atoms with Crippen molar-refractivity contribution in [2.75, 3.05) is 5.32 Å². The van der Waals surface area contributed by atoms with Crippen LogP contribution in [0.4, 0.5) is 10.5 Å². The van der Waals surface area contributed by atoms with Crippen molar-refractivity contribution in [2.24, 2.45) is 0 Å². The summed E-state index contributed by atoms with van der Waals surface area (Å²) in [6, 6.07) is 15.3. The number of phenolic OH excluding ortho intramolecular Hbond substituents is 2. The van der Waals surface area contributed by atoms with Gasteiger partial charge >= 0.3 is 6.09 Å². The Morgan fingerprint density at radius 1 is 0.932 bits per heavy atom. The smallest absolute Gasteiger partial charge is 0.408 e. The first-order valence-electron chi connectivity index (χ1n) is 14.5. The Bertz CT molecular complexity index is 1460. The van der Waals surface area contributed by atoms with E-state index in [1.165, 1.54) is 23.1 Å². The number of ether oxygens (including phenoxy) is 1. The Morgan fingerprint density at radius 2 is 1.57 bits per heavy atom. The van der Waals surface area contributed by atoms with Gasteiger partial charge in [-0.1, -0.05) is 61.0 Å². The van der Waals surface area contributed by atoms with E-state index in [2.05, 4.69) is 10.6 Å². The molecule has 3 rings (SSSR count).